The van der Waals surface area contributed by atoms with Gasteiger partial charge in [0.2, 0.25) is 0 Å². The van der Waals surface area contributed by atoms with E-state index in [0.29, 0.717) is 6.42 Å². The molecule has 1 atom stereocenters. The monoisotopic (exact) mass is 198 g/mol. The first kappa shape index (κ1) is 11.5. The maximum atomic E-state index is 7.15. The van der Waals surface area contributed by atoms with Crippen LogP contribution in [0.2, 0.25) is 0 Å². The fourth-order valence-electron chi connectivity index (χ4n) is 2.02. The molecule has 0 aromatic rings. The van der Waals surface area contributed by atoms with Gasteiger partial charge in [-0.25, -0.2) is 0 Å². The Morgan fingerprint density at radius 2 is 2.07 bits per heavy atom. The summed E-state index contributed by atoms with van der Waals surface area (Å²) in [5, 5.41) is 7.15. The van der Waals surface area contributed by atoms with Crippen LogP contribution in [0.15, 0.2) is 0 Å². The summed E-state index contributed by atoms with van der Waals surface area (Å²) in [7, 11) is 0. The van der Waals surface area contributed by atoms with Crippen LogP contribution in [0.4, 0.5) is 0 Å². The maximum Gasteiger partial charge on any atom is 0.0931 e. The van der Waals surface area contributed by atoms with Crippen LogP contribution in [-0.2, 0) is 4.74 Å². The molecule has 0 aromatic carbocycles. The summed E-state index contributed by atoms with van der Waals surface area (Å²) in [6, 6.07) is 0. The number of hydrogen-bond donors (Lipinski definition) is 2. The molecule has 0 saturated heterocycles. The van der Waals surface area contributed by atoms with Crippen LogP contribution in [-0.4, -0.2) is 18.5 Å². The van der Waals surface area contributed by atoms with E-state index in [2.05, 4.69) is 0 Å². The van der Waals surface area contributed by atoms with Crippen molar-refractivity contribution in [2.45, 2.75) is 51.6 Å². The Kier molecular flexibility index (Phi) is 4.94. The second-order valence-corrected chi connectivity index (χ2v) is 4.38. The van der Waals surface area contributed by atoms with Gasteiger partial charge in [-0.05, 0) is 25.7 Å². The van der Waals surface area contributed by atoms with Crippen LogP contribution in [0.25, 0.3) is 0 Å². The molecule has 0 bridgehead atoms. The van der Waals surface area contributed by atoms with E-state index < -0.39 is 0 Å². The van der Waals surface area contributed by atoms with Crippen molar-refractivity contribution in [3.63, 3.8) is 0 Å². The predicted octanol–water partition coefficient (Wildman–Crippen LogP) is 2.30. The van der Waals surface area contributed by atoms with Crippen molar-refractivity contribution in [3.8, 4) is 0 Å². The van der Waals surface area contributed by atoms with Gasteiger partial charge in [-0.1, -0.05) is 19.3 Å². The summed E-state index contributed by atoms with van der Waals surface area (Å²) in [5.41, 5.74) is 5.31. The average Bonchev–Trinajstić information content (AvgIpc) is 2.15. The van der Waals surface area contributed by atoms with E-state index in [1.54, 1.807) is 0 Å². The summed E-state index contributed by atoms with van der Waals surface area (Å²) < 4.78 is 5.67. The molecule has 1 unspecified atom stereocenters. The van der Waals surface area contributed by atoms with Crippen molar-refractivity contribution >= 4 is 5.84 Å². The van der Waals surface area contributed by atoms with Gasteiger partial charge in [-0.2, -0.15) is 0 Å². The van der Waals surface area contributed by atoms with Crippen molar-refractivity contribution in [2.75, 3.05) is 6.61 Å². The van der Waals surface area contributed by atoms with Crippen LogP contribution in [0, 0.1) is 11.3 Å². The third-order valence-corrected chi connectivity index (χ3v) is 2.85. The molecule has 0 amide bonds. The lowest BCUT2D eigenvalue weighted by Crippen LogP contribution is -2.23. The van der Waals surface area contributed by atoms with Gasteiger partial charge in [0.1, 0.15) is 0 Å². The highest BCUT2D eigenvalue weighted by atomic mass is 16.5. The van der Waals surface area contributed by atoms with Crippen molar-refractivity contribution < 1.29 is 4.74 Å². The molecular weight excluding hydrogens is 176 g/mol. The van der Waals surface area contributed by atoms with Crippen LogP contribution in [0.5, 0.6) is 0 Å². The molecule has 1 aliphatic carbocycles. The second-order valence-electron chi connectivity index (χ2n) is 4.38. The Morgan fingerprint density at radius 3 is 2.64 bits per heavy atom. The van der Waals surface area contributed by atoms with Gasteiger partial charge in [0, 0.05) is 13.0 Å². The van der Waals surface area contributed by atoms with Crippen LogP contribution >= 0.6 is 0 Å². The lowest BCUT2D eigenvalue weighted by molar-refractivity contribution is 0.0349. The molecule has 3 N–H and O–H groups in total. The van der Waals surface area contributed by atoms with Gasteiger partial charge in [0.05, 0.1) is 11.9 Å². The van der Waals surface area contributed by atoms with Gasteiger partial charge in [0.25, 0.3) is 0 Å². The smallest absolute Gasteiger partial charge is 0.0931 e. The molecule has 0 spiro atoms. The summed E-state index contributed by atoms with van der Waals surface area (Å²) in [6.45, 7) is 2.85. The Labute approximate surface area is 86.5 Å². The molecule has 3 nitrogen and oxygen atoms in total. The highest BCUT2D eigenvalue weighted by molar-refractivity contribution is 5.77. The molecule has 82 valence electrons. The average molecular weight is 198 g/mol. The van der Waals surface area contributed by atoms with Crippen LogP contribution < -0.4 is 5.73 Å². The Morgan fingerprint density at radius 1 is 1.43 bits per heavy atom. The summed E-state index contributed by atoms with van der Waals surface area (Å²) in [6.07, 6.45) is 7.39. The molecule has 1 saturated carbocycles. The largest absolute Gasteiger partial charge is 0.388 e. The highest BCUT2D eigenvalue weighted by Crippen LogP contribution is 2.24. The van der Waals surface area contributed by atoms with Crippen molar-refractivity contribution in [1.29, 1.82) is 5.41 Å². The van der Waals surface area contributed by atoms with E-state index in [1.807, 2.05) is 6.92 Å². The molecule has 0 heterocycles. The lowest BCUT2D eigenvalue weighted by atomic mass is 9.90. The Hall–Kier alpha value is -0.570. The summed E-state index contributed by atoms with van der Waals surface area (Å²) in [5.74, 6) is 0.972. The third-order valence-electron chi connectivity index (χ3n) is 2.85. The summed E-state index contributed by atoms with van der Waals surface area (Å²) >= 11 is 0. The number of hydrogen-bond acceptors (Lipinski definition) is 2. The van der Waals surface area contributed by atoms with E-state index in [1.165, 1.54) is 32.1 Å². The lowest BCUT2D eigenvalue weighted by Gasteiger charge is -2.23. The number of ether oxygens (including phenoxy) is 1. The molecule has 14 heavy (non-hydrogen) atoms. The van der Waals surface area contributed by atoms with Crippen molar-refractivity contribution in [3.05, 3.63) is 0 Å². The van der Waals surface area contributed by atoms with Gasteiger partial charge in [-0.3, -0.25) is 5.41 Å². The minimum Gasteiger partial charge on any atom is -0.388 e. The quantitative estimate of drug-likeness (QED) is 0.526. The van der Waals surface area contributed by atoms with Gasteiger partial charge in [0.15, 0.2) is 0 Å². The number of nitrogens with one attached hydrogen (secondary N) is 1. The minimum atomic E-state index is 0.106. The fraction of sp³-hybridized carbons (Fsp3) is 0.909. The number of nitrogens with two attached hydrogens (primary N) is 1. The molecule has 1 aliphatic rings. The molecule has 1 rings (SSSR count). The normalized spacial score (nSPS) is 20.6. The molecular formula is C11H22N2O. The topological polar surface area (TPSA) is 59.1 Å². The SMILES string of the molecule is CC(CC(=N)N)OCC1CCCCC1. The zero-order valence-corrected chi connectivity index (χ0v) is 9.09. The number of amidine groups is 1. The zero-order valence-electron chi connectivity index (χ0n) is 9.09. The first-order valence-corrected chi connectivity index (χ1v) is 5.63. The van der Waals surface area contributed by atoms with Crippen molar-refractivity contribution in [1.82, 2.24) is 0 Å². The molecule has 0 aliphatic heterocycles. The Balaban J connectivity index is 2.09. The first-order chi connectivity index (χ1) is 6.68. The van der Waals surface area contributed by atoms with Crippen LogP contribution in [0.1, 0.15) is 45.4 Å². The summed E-state index contributed by atoms with van der Waals surface area (Å²) in [4.78, 5) is 0. The molecule has 0 aromatic heterocycles. The maximum absolute atomic E-state index is 7.15. The standard InChI is InChI=1S/C11H22N2O/c1-9(7-11(12)13)14-8-10-5-3-2-4-6-10/h9-10H,2-8H2,1H3,(H3,12,13). The molecule has 1 fully saturated rings. The van der Waals surface area contributed by atoms with E-state index in [9.17, 15) is 0 Å². The van der Waals surface area contributed by atoms with Crippen LogP contribution in [0.3, 0.4) is 0 Å². The van der Waals surface area contributed by atoms with E-state index in [-0.39, 0.29) is 11.9 Å². The van der Waals surface area contributed by atoms with E-state index in [4.69, 9.17) is 15.9 Å². The highest BCUT2D eigenvalue weighted by Gasteiger charge is 2.14. The number of rotatable bonds is 5. The predicted molar refractivity (Wildman–Crippen MR) is 58.5 cm³/mol. The van der Waals surface area contributed by atoms with Gasteiger partial charge >= 0.3 is 0 Å². The Bertz CT molecular complexity index is 176. The van der Waals surface area contributed by atoms with E-state index >= 15 is 0 Å². The first-order valence-electron chi connectivity index (χ1n) is 5.63. The van der Waals surface area contributed by atoms with Gasteiger partial charge in [-0.15, -0.1) is 0 Å². The second kappa shape index (κ2) is 6.02. The van der Waals surface area contributed by atoms with Crippen molar-refractivity contribution in [2.24, 2.45) is 11.7 Å². The third kappa shape index (κ3) is 4.61. The molecule has 0 radical (unpaired) electrons. The van der Waals surface area contributed by atoms with E-state index in [0.717, 1.165) is 12.5 Å². The zero-order chi connectivity index (χ0) is 10.4. The minimum absolute atomic E-state index is 0.106. The molecule has 3 heteroatoms. The van der Waals surface area contributed by atoms with Gasteiger partial charge < -0.3 is 10.5 Å². The fourth-order valence-corrected chi connectivity index (χ4v) is 2.02.